The fraction of sp³-hybridized carbons (Fsp3) is 0.923. The van der Waals surface area contributed by atoms with Gasteiger partial charge in [-0.05, 0) is 33.6 Å². The fourth-order valence-corrected chi connectivity index (χ4v) is 2.35. The zero-order valence-corrected chi connectivity index (χ0v) is 11.3. The lowest BCUT2D eigenvalue weighted by atomic mass is 9.87. The van der Waals surface area contributed by atoms with Crippen molar-refractivity contribution in [1.29, 1.82) is 0 Å². The summed E-state index contributed by atoms with van der Waals surface area (Å²) in [5, 5.41) is 0. The number of Topliss-reactive ketones (excluding diaryl/α,β-unsaturated/α-hetero) is 1. The van der Waals surface area contributed by atoms with E-state index in [1.165, 1.54) is 0 Å². The summed E-state index contributed by atoms with van der Waals surface area (Å²) in [4.78, 5) is 14.1. The van der Waals surface area contributed by atoms with E-state index in [0.717, 1.165) is 45.7 Å². The molecule has 0 N–H and O–H groups in total. The van der Waals surface area contributed by atoms with Crippen LogP contribution in [0.3, 0.4) is 0 Å². The number of piperidine rings is 1. The van der Waals surface area contributed by atoms with E-state index in [0.29, 0.717) is 6.61 Å². The monoisotopic (exact) mass is 243 g/mol. The van der Waals surface area contributed by atoms with E-state index in [1.54, 1.807) is 6.92 Å². The number of nitrogens with zero attached hydrogens (tertiary/aromatic N) is 1. The van der Waals surface area contributed by atoms with E-state index in [9.17, 15) is 4.79 Å². The standard InChI is InChI=1S/C13H25NO3/c1-4-16-11-10-14-8-6-13(7-9-14,12(3)15)17-5-2/h4-11H2,1-3H3. The summed E-state index contributed by atoms with van der Waals surface area (Å²) < 4.78 is 11.0. The molecular weight excluding hydrogens is 218 g/mol. The summed E-state index contributed by atoms with van der Waals surface area (Å²) >= 11 is 0. The van der Waals surface area contributed by atoms with E-state index in [4.69, 9.17) is 9.47 Å². The third-order valence-corrected chi connectivity index (χ3v) is 3.48. The van der Waals surface area contributed by atoms with Crippen LogP contribution in [-0.2, 0) is 14.3 Å². The van der Waals surface area contributed by atoms with Gasteiger partial charge in [0.05, 0.1) is 6.61 Å². The molecular formula is C13H25NO3. The Balaban J connectivity index is 2.39. The van der Waals surface area contributed by atoms with Gasteiger partial charge in [0.15, 0.2) is 5.78 Å². The molecule has 0 bridgehead atoms. The molecule has 0 saturated carbocycles. The largest absolute Gasteiger partial charge is 0.380 e. The van der Waals surface area contributed by atoms with Crippen LogP contribution in [0.4, 0.5) is 0 Å². The Morgan fingerprint density at radius 1 is 1.24 bits per heavy atom. The Morgan fingerprint density at radius 3 is 2.35 bits per heavy atom. The molecule has 1 aliphatic rings. The van der Waals surface area contributed by atoms with Crippen molar-refractivity contribution >= 4 is 5.78 Å². The van der Waals surface area contributed by atoms with Crippen LogP contribution in [0, 0.1) is 0 Å². The average molecular weight is 243 g/mol. The summed E-state index contributed by atoms with van der Waals surface area (Å²) in [5.74, 6) is 0.170. The first-order valence-electron chi connectivity index (χ1n) is 6.59. The molecule has 1 aliphatic heterocycles. The summed E-state index contributed by atoms with van der Waals surface area (Å²) in [6.07, 6.45) is 1.62. The number of carbonyl (C=O) groups is 1. The van der Waals surface area contributed by atoms with Crippen molar-refractivity contribution in [1.82, 2.24) is 4.90 Å². The molecule has 17 heavy (non-hydrogen) atoms. The minimum absolute atomic E-state index is 0.170. The first-order chi connectivity index (χ1) is 8.14. The van der Waals surface area contributed by atoms with Gasteiger partial charge in [-0.15, -0.1) is 0 Å². The lowest BCUT2D eigenvalue weighted by Crippen LogP contribution is -2.50. The molecule has 0 radical (unpaired) electrons. The van der Waals surface area contributed by atoms with Crippen molar-refractivity contribution in [2.24, 2.45) is 0 Å². The van der Waals surface area contributed by atoms with Gasteiger partial charge in [-0.3, -0.25) is 4.79 Å². The van der Waals surface area contributed by atoms with Crippen LogP contribution in [-0.4, -0.2) is 55.7 Å². The van der Waals surface area contributed by atoms with Gasteiger partial charge in [0.25, 0.3) is 0 Å². The smallest absolute Gasteiger partial charge is 0.161 e. The summed E-state index contributed by atoms with van der Waals surface area (Å²) in [7, 11) is 0. The normalized spacial score (nSPS) is 20.4. The van der Waals surface area contributed by atoms with Gasteiger partial charge in [0, 0.05) is 32.8 Å². The van der Waals surface area contributed by atoms with Gasteiger partial charge in [-0.25, -0.2) is 0 Å². The minimum atomic E-state index is -0.517. The summed E-state index contributed by atoms with van der Waals surface area (Å²) in [6.45, 7) is 10.6. The Hall–Kier alpha value is -0.450. The van der Waals surface area contributed by atoms with E-state index in [1.807, 2.05) is 13.8 Å². The number of ether oxygens (including phenoxy) is 2. The van der Waals surface area contributed by atoms with Crippen molar-refractivity contribution in [2.45, 2.75) is 39.2 Å². The highest BCUT2D eigenvalue weighted by Crippen LogP contribution is 2.27. The molecule has 100 valence electrons. The van der Waals surface area contributed by atoms with Crippen molar-refractivity contribution in [3.05, 3.63) is 0 Å². The molecule has 0 aliphatic carbocycles. The first kappa shape index (κ1) is 14.6. The van der Waals surface area contributed by atoms with Crippen LogP contribution in [0.5, 0.6) is 0 Å². The van der Waals surface area contributed by atoms with E-state index < -0.39 is 5.60 Å². The van der Waals surface area contributed by atoms with Crippen LogP contribution >= 0.6 is 0 Å². The Bertz CT molecular complexity index is 235. The van der Waals surface area contributed by atoms with E-state index in [-0.39, 0.29) is 5.78 Å². The second-order valence-corrected chi connectivity index (χ2v) is 4.52. The molecule has 0 spiro atoms. The molecule has 0 amide bonds. The van der Waals surface area contributed by atoms with Gasteiger partial charge in [0.2, 0.25) is 0 Å². The summed E-state index contributed by atoms with van der Waals surface area (Å²) in [5.41, 5.74) is -0.517. The maximum absolute atomic E-state index is 11.7. The Kier molecular flexibility index (Phi) is 6.09. The van der Waals surface area contributed by atoms with Crippen LogP contribution in [0.1, 0.15) is 33.6 Å². The maximum Gasteiger partial charge on any atom is 0.161 e. The highest BCUT2D eigenvalue weighted by Gasteiger charge is 2.39. The molecule has 0 aromatic rings. The number of likely N-dealkylation sites (tertiary alicyclic amines) is 1. The van der Waals surface area contributed by atoms with Gasteiger partial charge >= 0.3 is 0 Å². The molecule has 1 rings (SSSR count). The van der Waals surface area contributed by atoms with Crippen molar-refractivity contribution in [2.75, 3.05) is 39.5 Å². The number of ketones is 1. The van der Waals surface area contributed by atoms with Crippen LogP contribution in [0.25, 0.3) is 0 Å². The first-order valence-corrected chi connectivity index (χ1v) is 6.59. The molecule has 4 heteroatoms. The topological polar surface area (TPSA) is 38.8 Å². The zero-order valence-electron chi connectivity index (χ0n) is 11.3. The SMILES string of the molecule is CCOCCN1CCC(OCC)(C(C)=O)CC1. The second kappa shape index (κ2) is 7.09. The highest BCUT2D eigenvalue weighted by molar-refractivity contribution is 5.85. The van der Waals surface area contributed by atoms with Crippen LogP contribution in [0.15, 0.2) is 0 Å². The highest BCUT2D eigenvalue weighted by atomic mass is 16.5. The molecule has 0 aromatic carbocycles. The van der Waals surface area contributed by atoms with Gasteiger partial charge in [-0.2, -0.15) is 0 Å². The quantitative estimate of drug-likeness (QED) is 0.635. The minimum Gasteiger partial charge on any atom is -0.380 e. The third-order valence-electron chi connectivity index (χ3n) is 3.48. The van der Waals surface area contributed by atoms with Gasteiger partial charge in [0.1, 0.15) is 5.60 Å². The molecule has 0 atom stereocenters. The zero-order chi connectivity index (χ0) is 12.7. The number of hydrogen-bond acceptors (Lipinski definition) is 4. The maximum atomic E-state index is 11.7. The molecule has 0 unspecified atom stereocenters. The van der Waals surface area contributed by atoms with E-state index >= 15 is 0 Å². The number of carbonyl (C=O) groups excluding carboxylic acids is 1. The predicted molar refractivity (Wildman–Crippen MR) is 67.2 cm³/mol. The van der Waals surface area contributed by atoms with E-state index in [2.05, 4.69) is 4.90 Å². The molecule has 1 heterocycles. The second-order valence-electron chi connectivity index (χ2n) is 4.52. The Morgan fingerprint density at radius 2 is 1.88 bits per heavy atom. The van der Waals surface area contributed by atoms with Crippen LogP contribution in [0.2, 0.25) is 0 Å². The average Bonchev–Trinajstić information content (AvgIpc) is 2.32. The third kappa shape index (κ3) is 4.05. The summed E-state index contributed by atoms with van der Waals surface area (Å²) in [6, 6.07) is 0. The lowest BCUT2D eigenvalue weighted by molar-refractivity contribution is -0.149. The number of rotatable bonds is 7. The number of hydrogen-bond donors (Lipinski definition) is 0. The van der Waals surface area contributed by atoms with Gasteiger partial charge in [-0.1, -0.05) is 0 Å². The van der Waals surface area contributed by atoms with Crippen LogP contribution < -0.4 is 0 Å². The van der Waals surface area contributed by atoms with Gasteiger partial charge < -0.3 is 14.4 Å². The van der Waals surface area contributed by atoms with Crippen molar-refractivity contribution in [3.63, 3.8) is 0 Å². The molecule has 0 aromatic heterocycles. The lowest BCUT2D eigenvalue weighted by Gasteiger charge is -2.39. The fourth-order valence-electron chi connectivity index (χ4n) is 2.35. The Labute approximate surface area is 104 Å². The van der Waals surface area contributed by atoms with Crippen molar-refractivity contribution in [3.8, 4) is 0 Å². The molecule has 1 saturated heterocycles. The molecule has 4 nitrogen and oxygen atoms in total. The van der Waals surface area contributed by atoms with Crippen molar-refractivity contribution < 1.29 is 14.3 Å². The molecule has 1 fully saturated rings. The predicted octanol–water partition coefficient (Wildman–Crippen LogP) is 1.48.